The van der Waals surface area contributed by atoms with E-state index in [0.717, 1.165) is 0 Å². The van der Waals surface area contributed by atoms with Crippen molar-refractivity contribution in [1.29, 1.82) is 0 Å². The molecule has 0 aromatic carbocycles. The van der Waals surface area contributed by atoms with Gasteiger partial charge in [-0.15, -0.1) is 0 Å². The molecule has 0 saturated carbocycles. The molecule has 1 aromatic rings. The second-order valence-electron chi connectivity index (χ2n) is 1.87. The summed E-state index contributed by atoms with van der Waals surface area (Å²) in [6, 6.07) is 0. The minimum Gasteiger partial charge on any atom is -0.369 e. The molecule has 0 spiro atoms. The Labute approximate surface area is 58.7 Å². The number of hydrogen-bond donors (Lipinski definition) is 1. The highest BCUT2D eigenvalue weighted by molar-refractivity contribution is 5.82. The molecule has 0 fully saturated rings. The molecule has 0 unspecified atom stereocenters. The van der Waals surface area contributed by atoms with Gasteiger partial charge in [-0.3, -0.25) is 4.79 Å². The van der Waals surface area contributed by atoms with Gasteiger partial charge in [0.2, 0.25) is 5.91 Å². The molecule has 0 bridgehead atoms. The molecular formula is C6H8N3O. The van der Waals surface area contributed by atoms with Gasteiger partial charge in [-0.2, -0.15) is 0 Å². The van der Waals surface area contributed by atoms with Crippen LogP contribution in [0.4, 0.5) is 0 Å². The first-order valence-electron chi connectivity index (χ1n) is 2.87. The van der Waals surface area contributed by atoms with Crippen LogP contribution >= 0.6 is 0 Å². The fourth-order valence-corrected chi connectivity index (χ4v) is 0.590. The van der Waals surface area contributed by atoms with Gasteiger partial charge in [0, 0.05) is 18.9 Å². The van der Waals surface area contributed by atoms with Crippen LogP contribution in [0, 0.1) is 6.42 Å². The normalized spacial score (nSPS) is 9.60. The number of carbonyl (C=O) groups excluding carboxylic acids is 1. The van der Waals surface area contributed by atoms with E-state index in [0.29, 0.717) is 6.54 Å². The first kappa shape index (κ1) is 6.80. The van der Waals surface area contributed by atoms with E-state index in [1.807, 2.05) is 0 Å². The van der Waals surface area contributed by atoms with Crippen molar-refractivity contribution in [1.82, 2.24) is 9.55 Å². The molecule has 1 aromatic heterocycles. The maximum Gasteiger partial charge on any atom is 0.223 e. The van der Waals surface area contributed by atoms with E-state index in [-0.39, 0.29) is 0 Å². The topological polar surface area (TPSA) is 60.9 Å². The zero-order valence-corrected chi connectivity index (χ0v) is 5.40. The minimum absolute atomic E-state index is 0.409. The summed E-state index contributed by atoms with van der Waals surface area (Å²) in [6.07, 6.45) is 6.43. The SMILES string of the molecule is NC(=O)[CH]Cn1ccnc1. The molecule has 1 amide bonds. The number of imidazole rings is 1. The lowest BCUT2D eigenvalue weighted by Crippen LogP contribution is -2.14. The molecule has 2 N–H and O–H groups in total. The predicted octanol–water partition coefficient (Wildman–Crippen LogP) is -0.427. The summed E-state index contributed by atoms with van der Waals surface area (Å²) in [6.45, 7) is 0.495. The molecule has 53 valence electrons. The Kier molecular flexibility index (Phi) is 2.04. The molecule has 1 radical (unpaired) electrons. The van der Waals surface area contributed by atoms with Crippen molar-refractivity contribution >= 4 is 5.91 Å². The van der Waals surface area contributed by atoms with E-state index in [1.165, 1.54) is 6.42 Å². The highest BCUT2D eigenvalue weighted by Gasteiger charge is 1.94. The van der Waals surface area contributed by atoms with Crippen LogP contribution in [-0.4, -0.2) is 15.5 Å². The summed E-state index contributed by atoms with van der Waals surface area (Å²) in [5.41, 5.74) is 4.88. The molecule has 0 atom stereocenters. The lowest BCUT2D eigenvalue weighted by molar-refractivity contribution is -0.115. The Hall–Kier alpha value is -1.32. The van der Waals surface area contributed by atoms with E-state index in [2.05, 4.69) is 4.98 Å². The number of nitrogens with two attached hydrogens (primary N) is 1. The molecule has 1 heterocycles. The third-order valence-electron chi connectivity index (χ3n) is 1.06. The first-order chi connectivity index (χ1) is 4.79. The van der Waals surface area contributed by atoms with Gasteiger partial charge in [0.05, 0.1) is 12.7 Å². The molecule has 4 heteroatoms. The largest absolute Gasteiger partial charge is 0.369 e. The lowest BCUT2D eigenvalue weighted by atomic mass is 10.4. The smallest absolute Gasteiger partial charge is 0.223 e. The summed E-state index contributed by atoms with van der Waals surface area (Å²) in [7, 11) is 0. The van der Waals surface area contributed by atoms with E-state index in [4.69, 9.17) is 5.73 Å². The molecule has 0 aliphatic rings. The fraction of sp³-hybridized carbons (Fsp3) is 0.167. The average molecular weight is 138 g/mol. The molecule has 0 aliphatic heterocycles. The monoisotopic (exact) mass is 138 g/mol. The average Bonchev–Trinajstić information content (AvgIpc) is 2.34. The minimum atomic E-state index is -0.409. The van der Waals surface area contributed by atoms with Crippen molar-refractivity contribution in [2.45, 2.75) is 6.54 Å². The molecular weight excluding hydrogens is 130 g/mol. The van der Waals surface area contributed by atoms with Crippen LogP contribution in [0.5, 0.6) is 0 Å². The van der Waals surface area contributed by atoms with Crippen LogP contribution in [0.2, 0.25) is 0 Å². The molecule has 1 rings (SSSR count). The summed E-state index contributed by atoms with van der Waals surface area (Å²) in [5, 5.41) is 0. The number of hydrogen-bond acceptors (Lipinski definition) is 2. The van der Waals surface area contributed by atoms with E-state index in [9.17, 15) is 4.79 Å². The third-order valence-corrected chi connectivity index (χ3v) is 1.06. The van der Waals surface area contributed by atoms with Gasteiger partial charge in [-0.1, -0.05) is 0 Å². The summed E-state index contributed by atoms with van der Waals surface area (Å²) in [5.74, 6) is -0.409. The van der Waals surface area contributed by atoms with Crippen molar-refractivity contribution in [3.8, 4) is 0 Å². The number of aromatic nitrogens is 2. The standard InChI is InChI=1S/C6H8N3O/c7-6(10)1-3-9-4-2-8-5-9/h1-2,4-5H,3H2,(H2,7,10). The van der Waals surface area contributed by atoms with Crippen LogP contribution < -0.4 is 5.73 Å². The van der Waals surface area contributed by atoms with E-state index in [1.54, 1.807) is 23.3 Å². The van der Waals surface area contributed by atoms with Gasteiger partial charge in [-0.25, -0.2) is 4.98 Å². The van der Waals surface area contributed by atoms with Gasteiger partial charge >= 0.3 is 0 Å². The number of amides is 1. The van der Waals surface area contributed by atoms with Gasteiger partial charge in [-0.05, 0) is 0 Å². The maximum atomic E-state index is 10.2. The van der Waals surface area contributed by atoms with Gasteiger partial charge in [0.25, 0.3) is 0 Å². The van der Waals surface area contributed by atoms with Crippen LogP contribution in [-0.2, 0) is 11.3 Å². The van der Waals surface area contributed by atoms with Crippen molar-refractivity contribution in [3.05, 3.63) is 25.1 Å². The predicted molar refractivity (Wildman–Crippen MR) is 35.7 cm³/mol. The third kappa shape index (κ3) is 1.89. The lowest BCUT2D eigenvalue weighted by Gasteiger charge is -1.95. The van der Waals surface area contributed by atoms with Crippen LogP contribution in [0.15, 0.2) is 18.7 Å². The Morgan fingerprint density at radius 1 is 1.80 bits per heavy atom. The second kappa shape index (κ2) is 3.00. The zero-order chi connectivity index (χ0) is 7.40. The Morgan fingerprint density at radius 3 is 3.10 bits per heavy atom. The van der Waals surface area contributed by atoms with E-state index >= 15 is 0 Å². The van der Waals surface area contributed by atoms with Crippen molar-refractivity contribution in [2.24, 2.45) is 5.73 Å². The van der Waals surface area contributed by atoms with Crippen LogP contribution in [0.25, 0.3) is 0 Å². The number of nitrogens with zero attached hydrogens (tertiary/aromatic N) is 2. The highest BCUT2D eigenvalue weighted by Crippen LogP contribution is 1.87. The fourth-order valence-electron chi connectivity index (χ4n) is 0.590. The first-order valence-corrected chi connectivity index (χ1v) is 2.87. The van der Waals surface area contributed by atoms with Crippen LogP contribution in [0.3, 0.4) is 0 Å². The zero-order valence-electron chi connectivity index (χ0n) is 5.40. The Bertz CT molecular complexity index is 205. The van der Waals surface area contributed by atoms with Gasteiger partial charge in [0.1, 0.15) is 0 Å². The summed E-state index contributed by atoms with van der Waals surface area (Å²) >= 11 is 0. The number of rotatable bonds is 3. The Balaban J connectivity index is 2.35. The van der Waals surface area contributed by atoms with Crippen molar-refractivity contribution in [2.75, 3.05) is 0 Å². The van der Waals surface area contributed by atoms with E-state index < -0.39 is 5.91 Å². The number of primary amides is 1. The summed E-state index contributed by atoms with van der Waals surface area (Å²) in [4.78, 5) is 14.0. The maximum absolute atomic E-state index is 10.2. The van der Waals surface area contributed by atoms with Gasteiger partial charge in [0.15, 0.2) is 0 Å². The molecule has 10 heavy (non-hydrogen) atoms. The quantitative estimate of drug-likeness (QED) is 0.616. The Morgan fingerprint density at radius 2 is 2.60 bits per heavy atom. The van der Waals surface area contributed by atoms with Gasteiger partial charge < -0.3 is 10.3 Å². The molecule has 0 saturated heterocycles. The number of carbonyl (C=O) groups is 1. The highest BCUT2D eigenvalue weighted by atomic mass is 16.1. The van der Waals surface area contributed by atoms with Crippen molar-refractivity contribution in [3.63, 3.8) is 0 Å². The van der Waals surface area contributed by atoms with Crippen molar-refractivity contribution < 1.29 is 4.79 Å². The summed E-state index contributed by atoms with van der Waals surface area (Å²) < 4.78 is 1.75. The second-order valence-corrected chi connectivity index (χ2v) is 1.87. The molecule has 4 nitrogen and oxygen atoms in total. The van der Waals surface area contributed by atoms with Crippen LogP contribution in [0.1, 0.15) is 0 Å². The molecule has 0 aliphatic carbocycles.